The summed E-state index contributed by atoms with van der Waals surface area (Å²) in [7, 11) is 0. The van der Waals surface area contributed by atoms with E-state index < -0.39 is 17.2 Å². The topological polar surface area (TPSA) is 102 Å². The third kappa shape index (κ3) is 5.87. The van der Waals surface area contributed by atoms with E-state index in [2.05, 4.69) is 10.6 Å². The zero-order valence-corrected chi connectivity index (χ0v) is 22.1. The van der Waals surface area contributed by atoms with Gasteiger partial charge in [-0.05, 0) is 53.6 Å². The molecular weight excluding hydrogens is 528 g/mol. The quantitative estimate of drug-likeness (QED) is 0.297. The van der Waals surface area contributed by atoms with Crippen molar-refractivity contribution in [3.8, 4) is 0 Å². The molecule has 5 rings (SSSR count). The van der Waals surface area contributed by atoms with Crippen molar-refractivity contribution in [1.82, 2.24) is 14.5 Å². The van der Waals surface area contributed by atoms with Crippen molar-refractivity contribution in [1.29, 1.82) is 0 Å². The number of carbonyl (C=O) groups is 2. The summed E-state index contributed by atoms with van der Waals surface area (Å²) in [6.45, 7) is -0.00643. The molecule has 1 aromatic heterocycles. The first kappa shape index (κ1) is 26.6. The number of hydrogen-bond acceptors (Lipinski definition) is 4. The third-order valence-electron chi connectivity index (χ3n) is 6.45. The summed E-state index contributed by atoms with van der Waals surface area (Å²) in [4.78, 5) is 52.2. The standard InChI is InChI=1S/C31H25ClN4O4/c32-26-12-6-4-8-23(26)18-33-29(38)22-16-14-21(15-17-22)19-36-30(39)25-11-5-7-13-27(25)35(31(36)40)20-28(37)34-24-9-2-1-3-10-24/h1-17H,18-20H2,(H,33,38)(H,34,37). The molecule has 5 aromatic rings. The van der Waals surface area contributed by atoms with Crippen LogP contribution >= 0.6 is 11.6 Å². The predicted octanol–water partition coefficient (Wildman–Crippen LogP) is 4.43. The molecule has 2 N–H and O–H groups in total. The minimum atomic E-state index is -0.603. The first-order valence-corrected chi connectivity index (χ1v) is 13.0. The Labute approximate surface area is 234 Å². The van der Waals surface area contributed by atoms with Crippen LogP contribution in [0.4, 0.5) is 5.69 Å². The number of rotatable bonds is 8. The molecule has 0 bridgehead atoms. The fourth-order valence-electron chi connectivity index (χ4n) is 4.39. The van der Waals surface area contributed by atoms with Crippen molar-refractivity contribution in [2.75, 3.05) is 5.32 Å². The third-order valence-corrected chi connectivity index (χ3v) is 6.81. The van der Waals surface area contributed by atoms with Crippen LogP contribution in [0.5, 0.6) is 0 Å². The van der Waals surface area contributed by atoms with Gasteiger partial charge in [-0.15, -0.1) is 0 Å². The molecule has 40 heavy (non-hydrogen) atoms. The van der Waals surface area contributed by atoms with Gasteiger partial charge in [-0.25, -0.2) is 4.79 Å². The Hall–Kier alpha value is -4.95. The van der Waals surface area contributed by atoms with Gasteiger partial charge in [0.15, 0.2) is 0 Å². The number of fused-ring (bicyclic) bond motifs is 1. The molecule has 0 spiro atoms. The summed E-state index contributed by atoms with van der Waals surface area (Å²) in [6.07, 6.45) is 0. The highest BCUT2D eigenvalue weighted by atomic mass is 35.5. The van der Waals surface area contributed by atoms with Crippen molar-refractivity contribution in [3.05, 3.63) is 146 Å². The van der Waals surface area contributed by atoms with Gasteiger partial charge in [-0.2, -0.15) is 0 Å². The van der Waals surface area contributed by atoms with Crippen LogP contribution in [0.3, 0.4) is 0 Å². The minimum Gasteiger partial charge on any atom is -0.348 e. The van der Waals surface area contributed by atoms with Crippen molar-refractivity contribution in [2.24, 2.45) is 0 Å². The number of benzene rings is 4. The molecule has 0 fully saturated rings. The van der Waals surface area contributed by atoms with Gasteiger partial charge in [0, 0.05) is 22.8 Å². The van der Waals surface area contributed by atoms with Crippen LogP contribution in [0, 0.1) is 0 Å². The van der Waals surface area contributed by atoms with Crippen LogP contribution in [0.1, 0.15) is 21.5 Å². The van der Waals surface area contributed by atoms with Crippen LogP contribution in [0.2, 0.25) is 5.02 Å². The number of halogens is 1. The lowest BCUT2D eigenvalue weighted by molar-refractivity contribution is -0.116. The molecular formula is C31H25ClN4O4. The molecule has 0 atom stereocenters. The average Bonchev–Trinajstić information content (AvgIpc) is 2.98. The summed E-state index contributed by atoms with van der Waals surface area (Å²) in [5, 5.41) is 6.51. The number of hydrogen-bond donors (Lipinski definition) is 2. The molecule has 200 valence electrons. The second kappa shape index (κ2) is 11.8. The Morgan fingerprint density at radius 1 is 0.750 bits per heavy atom. The molecule has 8 nitrogen and oxygen atoms in total. The smallest absolute Gasteiger partial charge is 0.332 e. The first-order valence-electron chi connectivity index (χ1n) is 12.6. The summed E-state index contributed by atoms with van der Waals surface area (Å²) in [6, 6.07) is 29.6. The van der Waals surface area contributed by atoms with E-state index in [9.17, 15) is 19.2 Å². The SMILES string of the molecule is O=C(Cn1c(=O)n(Cc2ccc(C(=O)NCc3ccccc3Cl)cc2)c(=O)c2ccccc21)Nc1ccccc1. The highest BCUT2D eigenvalue weighted by molar-refractivity contribution is 6.31. The molecule has 0 unspecified atom stereocenters. The maximum absolute atomic E-state index is 13.5. The average molecular weight is 553 g/mol. The molecule has 0 radical (unpaired) electrons. The number of para-hydroxylation sites is 2. The van der Waals surface area contributed by atoms with Crippen LogP contribution in [0.15, 0.2) is 113 Å². The highest BCUT2D eigenvalue weighted by Crippen LogP contribution is 2.15. The molecule has 9 heteroatoms. The van der Waals surface area contributed by atoms with E-state index in [1.54, 1.807) is 78.9 Å². The van der Waals surface area contributed by atoms with Gasteiger partial charge >= 0.3 is 5.69 Å². The van der Waals surface area contributed by atoms with Gasteiger partial charge in [0.2, 0.25) is 5.91 Å². The zero-order chi connectivity index (χ0) is 28.1. The maximum Gasteiger partial charge on any atom is 0.332 e. The highest BCUT2D eigenvalue weighted by Gasteiger charge is 2.16. The number of nitrogens with one attached hydrogen (secondary N) is 2. The van der Waals surface area contributed by atoms with E-state index in [0.29, 0.717) is 32.7 Å². The van der Waals surface area contributed by atoms with Gasteiger partial charge in [-0.1, -0.05) is 72.3 Å². The predicted molar refractivity (Wildman–Crippen MR) is 156 cm³/mol. The maximum atomic E-state index is 13.5. The van der Waals surface area contributed by atoms with Crippen molar-refractivity contribution in [3.63, 3.8) is 0 Å². The molecule has 0 aliphatic carbocycles. The normalized spacial score (nSPS) is 10.8. The van der Waals surface area contributed by atoms with E-state index in [0.717, 1.165) is 10.1 Å². The van der Waals surface area contributed by atoms with Crippen molar-refractivity contribution < 1.29 is 9.59 Å². The van der Waals surface area contributed by atoms with Crippen molar-refractivity contribution >= 4 is 40.0 Å². The molecule has 4 aromatic carbocycles. The number of aromatic nitrogens is 2. The largest absolute Gasteiger partial charge is 0.348 e. The van der Waals surface area contributed by atoms with E-state index >= 15 is 0 Å². The Morgan fingerprint density at radius 3 is 2.17 bits per heavy atom. The second-order valence-corrected chi connectivity index (χ2v) is 9.57. The van der Waals surface area contributed by atoms with E-state index in [-0.39, 0.29) is 25.5 Å². The lowest BCUT2D eigenvalue weighted by Crippen LogP contribution is -2.42. The van der Waals surface area contributed by atoms with Gasteiger partial charge in [-0.3, -0.25) is 23.5 Å². The fraction of sp³-hybridized carbons (Fsp3) is 0.0968. The van der Waals surface area contributed by atoms with Crippen molar-refractivity contribution in [2.45, 2.75) is 19.6 Å². The van der Waals surface area contributed by atoms with Gasteiger partial charge in [0.25, 0.3) is 11.5 Å². The number of anilines is 1. The Kier molecular flexibility index (Phi) is 7.89. The monoisotopic (exact) mass is 552 g/mol. The minimum absolute atomic E-state index is 0.0235. The molecule has 2 amide bonds. The summed E-state index contributed by atoms with van der Waals surface area (Å²) < 4.78 is 2.40. The fourth-order valence-corrected chi connectivity index (χ4v) is 4.59. The lowest BCUT2D eigenvalue weighted by atomic mass is 10.1. The van der Waals surface area contributed by atoms with Crippen LogP contribution in [-0.4, -0.2) is 20.9 Å². The number of carbonyl (C=O) groups excluding carboxylic acids is 2. The van der Waals surface area contributed by atoms with E-state index in [1.807, 2.05) is 24.3 Å². The summed E-state index contributed by atoms with van der Waals surface area (Å²) in [5.74, 6) is -0.670. The molecule has 0 saturated carbocycles. The lowest BCUT2D eigenvalue weighted by Gasteiger charge is -2.14. The zero-order valence-electron chi connectivity index (χ0n) is 21.3. The Bertz CT molecular complexity index is 1810. The van der Waals surface area contributed by atoms with Crippen LogP contribution in [-0.2, 0) is 24.4 Å². The van der Waals surface area contributed by atoms with Gasteiger partial charge < -0.3 is 10.6 Å². The van der Waals surface area contributed by atoms with Gasteiger partial charge in [0.1, 0.15) is 6.54 Å². The molecule has 0 saturated heterocycles. The summed E-state index contributed by atoms with van der Waals surface area (Å²) in [5.41, 5.74) is 1.81. The Balaban J connectivity index is 1.37. The van der Waals surface area contributed by atoms with E-state index in [1.165, 1.54) is 4.57 Å². The molecule has 0 aliphatic heterocycles. The number of amides is 2. The second-order valence-electron chi connectivity index (χ2n) is 9.16. The van der Waals surface area contributed by atoms with E-state index in [4.69, 9.17) is 11.6 Å². The summed E-state index contributed by atoms with van der Waals surface area (Å²) >= 11 is 6.16. The number of nitrogens with zero attached hydrogens (tertiary/aromatic N) is 2. The molecule has 0 aliphatic rings. The Morgan fingerprint density at radius 2 is 1.43 bits per heavy atom. The first-order chi connectivity index (χ1) is 19.4. The van der Waals surface area contributed by atoms with Gasteiger partial charge in [0.05, 0.1) is 17.4 Å². The van der Waals surface area contributed by atoms with Crippen LogP contribution < -0.4 is 21.9 Å². The van der Waals surface area contributed by atoms with Crippen LogP contribution in [0.25, 0.3) is 10.9 Å². The molecule has 1 heterocycles.